The van der Waals surface area contributed by atoms with E-state index in [0.717, 1.165) is 13.2 Å². The molecule has 6 heteroatoms. The molecule has 0 saturated carbocycles. The first-order valence-corrected chi connectivity index (χ1v) is 4.17. The average molecular weight is 192 g/mol. The predicted octanol–water partition coefficient (Wildman–Crippen LogP) is -0.362. The normalized spacial score (nSPS) is 30.5. The predicted molar refractivity (Wildman–Crippen MR) is 38.4 cm³/mol. The Morgan fingerprint density at radius 2 is 1.31 bits per heavy atom. The van der Waals surface area contributed by atoms with E-state index < -0.39 is 0 Å². The van der Waals surface area contributed by atoms with Crippen molar-refractivity contribution in [2.24, 2.45) is 0 Å². The Morgan fingerprint density at radius 3 is 1.69 bits per heavy atom. The summed E-state index contributed by atoms with van der Waals surface area (Å²) in [5.41, 5.74) is 0. The quantitative estimate of drug-likeness (QED) is 0.172. The standard InChI is InChI=1S/C7H12O6/c1-6(8-1)3-10-12-5-13-11-4-7-2-9-7/h6-7H,1-5H2. The summed E-state index contributed by atoms with van der Waals surface area (Å²) in [5, 5.41) is 0. The molecule has 0 N–H and O–H groups in total. The van der Waals surface area contributed by atoms with Gasteiger partial charge >= 0.3 is 0 Å². The molecule has 2 unspecified atom stereocenters. The largest absolute Gasteiger partial charge is 0.370 e. The van der Waals surface area contributed by atoms with Crippen LogP contribution in [0.2, 0.25) is 0 Å². The third kappa shape index (κ3) is 4.51. The molecule has 2 rings (SSSR count). The molecule has 2 heterocycles. The minimum atomic E-state index is -0.0422. The molecule has 2 aliphatic heterocycles. The molecule has 6 nitrogen and oxygen atoms in total. The van der Waals surface area contributed by atoms with Crippen LogP contribution >= 0.6 is 0 Å². The van der Waals surface area contributed by atoms with Crippen LogP contribution in [0, 0.1) is 0 Å². The lowest BCUT2D eigenvalue weighted by Crippen LogP contribution is -2.08. The number of hydrogen-bond acceptors (Lipinski definition) is 6. The highest BCUT2D eigenvalue weighted by Crippen LogP contribution is 2.09. The van der Waals surface area contributed by atoms with Crippen LogP contribution in [0.5, 0.6) is 0 Å². The highest BCUT2D eigenvalue weighted by atomic mass is 17.3. The second-order valence-electron chi connectivity index (χ2n) is 2.83. The summed E-state index contributed by atoms with van der Waals surface area (Å²) in [6.07, 6.45) is 0.390. The van der Waals surface area contributed by atoms with E-state index in [1.165, 1.54) is 0 Å². The summed E-state index contributed by atoms with van der Waals surface area (Å²) in [4.78, 5) is 18.7. The summed E-state index contributed by atoms with van der Waals surface area (Å²) < 4.78 is 9.76. The average Bonchev–Trinajstić information content (AvgIpc) is 2.99. The van der Waals surface area contributed by atoms with Gasteiger partial charge in [0.25, 0.3) is 0 Å². The van der Waals surface area contributed by atoms with Gasteiger partial charge in [-0.1, -0.05) is 0 Å². The molecule has 2 saturated heterocycles. The zero-order valence-electron chi connectivity index (χ0n) is 7.14. The summed E-state index contributed by atoms with van der Waals surface area (Å²) in [5.74, 6) is 0. The number of rotatable bonds is 8. The van der Waals surface area contributed by atoms with Crippen LogP contribution < -0.4 is 0 Å². The van der Waals surface area contributed by atoms with Crippen molar-refractivity contribution < 1.29 is 29.0 Å². The Balaban J connectivity index is 1.28. The van der Waals surface area contributed by atoms with E-state index in [0.29, 0.717) is 13.2 Å². The van der Waals surface area contributed by atoms with Crippen molar-refractivity contribution in [3.8, 4) is 0 Å². The van der Waals surface area contributed by atoms with Crippen LogP contribution in [0.1, 0.15) is 0 Å². The Bertz CT molecular complexity index is 128. The molecule has 0 amide bonds. The molecule has 2 aliphatic rings. The maximum atomic E-state index is 4.88. The topological polar surface area (TPSA) is 62.0 Å². The first-order valence-electron chi connectivity index (χ1n) is 4.17. The fourth-order valence-corrected chi connectivity index (χ4v) is 0.664. The van der Waals surface area contributed by atoms with Crippen molar-refractivity contribution >= 4 is 0 Å². The minimum Gasteiger partial charge on any atom is -0.370 e. The molecule has 13 heavy (non-hydrogen) atoms. The maximum absolute atomic E-state index is 4.88. The van der Waals surface area contributed by atoms with Gasteiger partial charge in [-0.05, 0) is 0 Å². The SMILES string of the molecule is C(OOCC1CO1)OOCC1CO1. The van der Waals surface area contributed by atoms with Crippen molar-refractivity contribution in [2.75, 3.05) is 33.2 Å². The molecule has 0 spiro atoms. The summed E-state index contributed by atoms with van der Waals surface area (Å²) in [6, 6.07) is 0. The van der Waals surface area contributed by atoms with E-state index in [9.17, 15) is 0 Å². The van der Waals surface area contributed by atoms with Gasteiger partial charge in [-0.2, -0.15) is 0 Å². The van der Waals surface area contributed by atoms with E-state index in [1.54, 1.807) is 0 Å². The fourth-order valence-electron chi connectivity index (χ4n) is 0.664. The number of hydrogen-bond donors (Lipinski definition) is 0. The van der Waals surface area contributed by atoms with Crippen LogP contribution in [0.4, 0.5) is 0 Å². The lowest BCUT2D eigenvalue weighted by molar-refractivity contribution is -0.419. The summed E-state index contributed by atoms with van der Waals surface area (Å²) in [7, 11) is 0. The molecule has 0 bridgehead atoms. The van der Waals surface area contributed by atoms with E-state index in [4.69, 9.17) is 19.2 Å². The number of ether oxygens (including phenoxy) is 2. The van der Waals surface area contributed by atoms with Gasteiger partial charge in [0.05, 0.1) is 13.2 Å². The van der Waals surface area contributed by atoms with Gasteiger partial charge in [0.2, 0.25) is 6.79 Å². The summed E-state index contributed by atoms with van der Waals surface area (Å²) in [6.45, 7) is 2.34. The molecule has 76 valence electrons. The zero-order valence-corrected chi connectivity index (χ0v) is 7.14. The summed E-state index contributed by atoms with van der Waals surface area (Å²) >= 11 is 0. The Morgan fingerprint density at radius 1 is 0.846 bits per heavy atom. The molecule has 0 aromatic heterocycles. The van der Waals surface area contributed by atoms with Crippen molar-refractivity contribution in [2.45, 2.75) is 12.2 Å². The molecule has 0 radical (unpaired) electrons. The smallest absolute Gasteiger partial charge is 0.214 e. The number of epoxide rings is 2. The van der Waals surface area contributed by atoms with Gasteiger partial charge in [-0.25, -0.2) is 19.6 Å². The highest BCUT2D eigenvalue weighted by molar-refractivity contribution is 4.66. The fraction of sp³-hybridized carbons (Fsp3) is 1.00. The molecule has 0 aromatic rings. The first kappa shape index (κ1) is 9.32. The van der Waals surface area contributed by atoms with Crippen LogP contribution in [0.15, 0.2) is 0 Å². The molecule has 2 atom stereocenters. The van der Waals surface area contributed by atoms with Crippen LogP contribution in [0.25, 0.3) is 0 Å². The van der Waals surface area contributed by atoms with Crippen molar-refractivity contribution in [3.05, 3.63) is 0 Å². The van der Waals surface area contributed by atoms with Crippen molar-refractivity contribution in [3.63, 3.8) is 0 Å². The monoisotopic (exact) mass is 192 g/mol. The van der Waals surface area contributed by atoms with Crippen LogP contribution in [0.3, 0.4) is 0 Å². The van der Waals surface area contributed by atoms with Crippen LogP contribution in [-0.4, -0.2) is 45.4 Å². The molecule has 0 aromatic carbocycles. The molecular formula is C7H12O6. The van der Waals surface area contributed by atoms with Gasteiger partial charge in [-0.3, -0.25) is 0 Å². The Labute approximate surface area is 75.5 Å². The van der Waals surface area contributed by atoms with E-state index in [-0.39, 0.29) is 19.0 Å². The highest BCUT2D eigenvalue weighted by Gasteiger charge is 2.23. The van der Waals surface area contributed by atoms with Gasteiger partial charge in [0.1, 0.15) is 25.4 Å². The van der Waals surface area contributed by atoms with E-state index in [1.807, 2.05) is 0 Å². The van der Waals surface area contributed by atoms with Crippen LogP contribution in [-0.2, 0) is 29.0 Å². The molecule has 2 fully saturated rings. The lowest BCUT2D eigenvalue weighted by Gasteiger charge is -2.02. The zero-order chi connectivity index (χ0) is 8.93. The Kier molecular flexibility index (Phi) is 3.48. The maximum Gasteiger partial charge on any atom is 0.214 e. The third-order valence-corrected chi connectivity index (χ3v) is 1.58. The minimum absolute atomic E-state index is 0.0422. The Hall–Kier alpha value is -0.240. The lowest BCUT2D eigenvalue weighted by atomic mass is 10.5. The second-order valence-corrected chi connectivity index (χ2v) is 2.83. The second kappa shape index (κ2) is 4.85. The van der Waals surface area contributed by atoms with Gasteiger partial charge < -0.3 is 9.47 Å². The molecular weight excluding hydrogens is 180 g/mol. The van der Waals surface area contributed by atoms with Gasteiger partial charge in [-0.15, -0.1) is 0 Å². The first-order chi connectivity index (χ1) is 6.45. The molecule has 0 aliphatic carbocycles. The van der Waals surface area contributed by atoms with Gasteiger partial charge in [0.15, 0.2) is 0 Å². The van der Waals surface area contributed by atoms with Gasteiger partial charge in [0, 0.05) is 0 Å². The van der Waals surface area contributed by atoms with E-state index >= 15 is 0 Å². The third-order valence-electron chi connectivity index (χ3n) is 1.58. The van der Waals surface area contributed by atoms with Crippen molar-refractivity contribution in [1.29, 1.82) is 0 Å². The van der Waals surface area contributed by atoms with E-state index in [2.05, 4.69) is 9.78 Å². The van der Waals surface area contributed by atoms with Crippen molar-refractivity contribution in [1.82, 2.24) is 0 Å².